The molecule has 2 aromatic carbocycles. The summed E-state index contributed by atoms with van der Waals surface area (Å²) in [4.78, 5) is 12.9. The largest absolute Gasteiger partial charge is 0.495 e. The van der Waals surface area contributed by atoms with E-state index in [4.69, 9.17) is 9.47 Å². The third kappa shape index (κ3) is 7.62. The molecule has 0 aliphatic carbocycles. The minimum atomic E-state index is -4.02. The fourth-order valence-corrected chi connectivity index (χ4v) is 4.60. The van der Waals surface area contributed by atoms with Gasteiger partial charge in [0.05, 0.1) is 7.11 Å². The second kappa shape index (κ2) is 12.6. The van der Waals surface area contributed by atoms with Gasteiger partial charge in [0.15, 0.2) is 0 Å². The Hall–Kier alpha value is -2.42. The summed E-state index contributed by atoms with van der Waals surface area (Å²) in [6.45, 7) is 7.43. The van der Waals surface area contributed by atoms with Gasteiger partial charge < -0.3 is 14.8 Å². The summed E-state index contributed by atoms with van der Waals surface area (Å²) in [6, 6.07) is 13.4. The van der Waals surface area contributed by atoms with Gasteiger partial charge in [-0.25, -0.2) is 8.42 Å². The van der Waals surface area contributed by atoms with E-state index in [1.807, 2.05) is 57.2 Å². The second-order valence-electron chi connectivity index (χ2n) is 7.77. The molecule has 2 aromatic rings. The highest BCUT2D eigenvalue weighted by molar-refractivity contribution is 7.89. The summed E-state index contributed by atoms with van der Waals surface area (Å²) in [5.41, 5.74) is 1.72. The van der Waals surface area contributed by atoms with Crippen molar-refractivity contribution in [2.45, 2.75) is 50.5 Å². The maximum atomic E-state index is 13.3. The van der Waals surface area contributed by atoms with Gasteiger partial charge in [-0.2, -0.15) is 4.72 Å². The summed E-state index contributed by atoms with van der Waals surface area (Å²) in [5, 5.41) is 2.82. The van der Waals surface area contributed by atoms with Crippen LogP contribution >= 0.6 is 0 Å². The Morgan fingerprint density at radius 1 is 1.09 bits per heavy atom. The molecule has 0 aliphatic rings. The van der Waals surface area contributed by atoms with Crippen molar-refractivity contribution >= 4 is 15.9 Å². The lowest BCUT2D eigenvalue weighted by atomic mass is 10.0. The van der Waals surface area contributed by atoms with Gasteiger partial charge in [0, 0.05) is 19.8 Å². The second-order valence-corrected chi connectivity index (χ2v) is 9.45. The zero-order chi connectivity index (χ0) is 23.6. The maximum Gasteiger partial charge on any atom is 0.245 e. The molecule has 2 N–H and O–H groups in total. The van der Waals surface area contributed by atoms with E-state index in [1.54, 1.807) is 12.1 Å². The maximum absolute atomic E-state index is 13.3. The molecule has 0 bridgehead atoms. The van der Waals surface area contributed by atoms with Crippen molar-refractivity contribution in [3.63, 3.8) is 0 Å². The molecule has 32 heavy (non-hydrogen) atoms. The highest BCUT2D eigenvalue weighted by Crippen LogP contribution is 2.28. The molecule has 1 unspecified atom stereocenters. The molecule has 7 nitrogen and oxygen atoms in total. The fraction of sp³-hybridized carbons (Fsp3) is 0.458. The van der Waals surface area contributed by atoms with Crippen LogP contribution in [0.3, 0.4) is 0 Å². The van der Waals surface area contributed by atoms with Crippen molar-refractivity contribution in [3.8, 4) is 5.75 Å². The number of rotatable bonds is 13. The van der Waals surface area contributed by atoms with Crippen molar-refractivity contribution in [1.29, 1.82) is 0 Å². The van der Waals surface area contributed by atoms with E-state index in [0.29, 0.717) is 26.2 Å². The highest BCUT2D eigenvalue weighted by atomic mass is 32.2. The Bertz CT molecular complexity index is 962. The molecular weight excluding hydrogens is 428 g/mol. The molecule has 0 saturated carbocycles. The van der Waals surface area contributed by atoms with Gasteiger partial charge in [-0.1, -0.05) is 50.2 Å². The van der Waals surface area contributed by atoms with E-state index in [1.165, 1.54) is 7.11 Å². The number of methoxy groups -OCH3 is 1. The van der Waals surface area contributed by atoms with Gasteiger partial charge in [-0.05, 0) is 48.9 Å². The Morgan fingerprint density at radius 2 is 1.81 bits per heavy atom. The molecule has 0 aliphatic heterocycles. The van der Waals surface area contributed by atoms with E-state index >= 15 is 0 Å². The van der Waals surface area contributed by atoms with Crippen LogP contribution in [0.15, 0.2) is 53.4 Å². The van der Waals surface area contributed by atoms with E-state index in [0.717, 1.165) is 11.1 Å². The van der Waals surface area contributed by atoms with Gasteiger partial charge in [-0.15, -0.1) is 0 Å². The Labute approximate surface area is 191 Å². The normalized spacial score (nSPS) is 12.5. The van der Waals surface area contributed by atoms with Crippen molar-refractivity contribution in [1.82, 2.24) is 10.0 Å². The average Bonchev–Trinajstić information content (AvgIpc) is 2.78. The molecule has 1 amide bonds. The molecule has 1 atom stereocenters. The molecule has 0 saturated heterocycles. The van der Waals surface area contributed by atoms with Gasteiger partial charge in [-0.3, -0.25) is 4.79 Å². The lowest BCUT2D eigenvalue weighted by Gasteiger charge is -2.20. The predicted octanol–water partition coefficient (Wildman–Crippen LogP) is 3.25. The van der Waals surface area contributed by atoms with Crippen LogP contribution in [0.25, 0.3) is 0 Å². The Balaban J connectivity index is 2.27. The van der Waals surface area contributed by atoms with Crippen LogP contribution in [0.2, 0.25) is 0 Å². The lowest BCUT2D eigenvalue weighted by Crippen LogP contribution is -2.48. The van der Waals surface area contributed by atoms with Crippen LogP contribution in [-0.2, 0) is 26.0 Å². The van der Waals surface area contributed by atoms with Crippen LogP contribution < -0.4 is 14.8 Å². The van der Waals surface area contributed by atoms with Crippen LogP contribution in [0.1, 0.15) is 44.2 Å². The number of benzene rings is 2. The zero-order valence-electron chi connectivity index (χ0n) is 19.3. The van der Waals surface area contributed by atoms with Gasteiger partial charge in [0.1, 0.15) is 16.7 Å². The van der Waals surface area contributed by atoms with Gasteiger partial charge in [0.25, 0.3) is 0 Å². The first-order valence-corrected chi connectivity index (χ1v) is 12.4. The monoisotopic (exact) mass is 462 g/mol. The SMILES string of the molecule is CCOCCCNC(=O)C(Cc1ccccc1)NS(=O)(=O)c1cc(C(C)C)ccc1OC. The van der Waals surface area contributed by atoms with E-state index in [2.05, 4.69) is 10.0 Å². The van der Waals surface area contributed by atoms with E-state index < -0.39 is 16.1 Å². The molecule has 0 heterocycles. The third-order valence-corrected chi connectivity index (χ3v) is 6.50. The highest BCUT2D eigenvalue weighted by Gasteiger charge is 2.28. The molecule has 0 radical (unpaired) electrons. The molecular formula is C24H34N2O5S. The first-order valence-electron chi connectivity index (χ1n) is 10.9. The fourth-order valence-electron chi connectivity index (χ4n) is 3.20. The van der Waals surface area contributed by atoms with E-state index in [9.17, 15) is 13.2 Å². The van der Waals surface area contributed by atoms with Crippen molar-refractivity contribution in [2.75, 3.05) is 26.9 Å². The number of carbonyl (C=O) groups is 1. The van der Waals surface area contributed by atoms with Crippen LogP contribution in [0, 0.1) is 0 Å². The van der Waals surface area contributed by atoms with Crippen LogP contribution in [0.5, 0.6) is 5.75 Å². The summed E-state index contributed by atoms with van der Waals surface area (Å²) in [7, 11) is -2.60. The summed E-state index contributed by atoms with van der Waals surface area (Å²) in [6.07, 6.45) is 0.873. The first-order chi connectivity index (χ1) is 15.3. The quantitative estimate of drug-likeness (QED) is 0.446. The zero-order valence-corrected chi connectivity index (χ0v) is 20.1. The molecule has 0 spiro atoms. The number of carbonyl (C=O) groups excluding carboxylic acids is 1. The smallest absolute Gasteiger partial charge is 0.245 e. The standard InChI is InChI=1S/C24H34N2O5S/c1-5-31-15-9-14-25-24(27)21(16-19-10-7-6-8-11-19)26-32(28,29)23-17-20(18(2)3)12-13-22(23)30-4/h6-8,10-13,17-18,21,26H,5,9,14-16H2,1-4H3,(H,25,27). The molecule has 2 rings (SSSR count). The number of sulfonamides is 1. The van der Waals surface area contributed by atoms with Gasteiger partial charge in [0.2, 0.25) is 15.9 Å². The topological polar surface area (TPSA) is 93.7 Å². The summed E-state index contributed by atoms with van der Waals surface area (Å²) in [5.74, 6) is -0.00555. The van der Waals surface area contributed by atoms with Crippen LogP contribution in [0.4, 0.5) is 0 Å². The molecule has 8 heteroatoms. The number of ether oxygens (including phenoxy) is 2. The number of hydrogen-bond donors (Lipinski definition) is 2. The summed E-state index contributed by atoms with van der Waals surface area (Å²) >= 11 is 0. The van der Waals surface area contributed by atoms with Crippen LogP contribution in [-0.4, -0.2) is 47.2 Å². The lowest BCUT2D eigenvalue weighted by molar-refractivity contribution is -0.122. The van der Waals surface area contributed by atoms with Gasteiger partial charge >= 0.3 is 0 Å². The number of nitrogens with one attached hydrogen (secondary N) is 2. The molecule has 176 valence electrons. The van der Waals surface area contributed by atoms with Crippen molar-refractivity contribution < 1.29 is 22.7 Å². The predicted molar refractivity (Wildman–Crippen MR) is 125 cm³/mol. The van der Waals surface area contributed by atoms with Crippen molar-refractivity contribution in [2.24, 2.45) is 0 Å². The molecule has 0 aromatic heterocycles. The first kappa shape index (κ1) is 25.8. The minimum Gasteiger partial charge on any atom is -0.495 e. The van der Waals surface area contributed by atoms with Crippen molar-refractivity contribution in [3.05, 3.63) is 59.7 Å². The number of hydrogen-bond acceptors (Lipinski definition) is 5. The molecule has 0 fully saturated rings. The Morgan fingerprint density at radius 3 is 2.44 bits per heavy atom. The average molecular weight is 463 g/mol. The third-order valence-electron chi connectivity index (χ3n) is 5.01. The Kier molecular flexibility index (Phi) is 10.2. The van der Waals surface area contributed by atoms with E-state index in [-0.39, 0.29) is 28.9 Å². The summed E-state index contributed by atoms with van der Waals surface area (Å²) < 4.78 is 39.8. The number of amides is 1. The minimum absolute atomic E-state index is 0.0217.